The Morgan fingerprint density at radius 3 is 2.92 bits per heavy atom. The molecule has 0 bridgehead atoms. The van der Waals surface area contributed by atoms with Gasteiger partial charge in [0.25, 0.3) is 0 Å². The number of benzene rings is 1. The van der Waals surface area contributed by atoms with Crippen molar-refractivity contribution in [1.82, 2.24) is 15.5 Å². The topological polar surface area (TPSA) is 79.9 Å². The summed E-state index contributed by atoms with van der Waals surface area (Å²) < 4.78 is 10.6. The van der Waals surface area contributed by atoms with Crippen molar-refractivity contribution in [3.05, 3.63) is 36.4 Å². The van der Waals surface area contributed by atoms with Crippen LogP contribution in [0.25, 0.3) is 0 Å². The van der Waals surface area contributed by atoms with E-state index < -0.39 is 6.04 Å². The SMILES string of the molecule is C=CCNC(=O)CC1C(=O)NCCN1Cc1ccc(OC)cc1OC. The lowest BCUT2D eigenvalue weighted by molar-refractivity contribution is -0.134. The number of piperazine rings is 1. The number of amides is 2. The molecule has 1 aliphatic rings. The first-order valence-electron chi connectivity index (χ1n) is 8.19. The van der Waals surface area contributed by atoms with Crippen molar-refractivity contribution in [2.45, 2.75) is 19.0 Å². The van der Waals surface area contributed by atoms with Crippen LogP contribution in [0.5, 0.6) is 11.5 Å². The lowest BCUT2D eigenvalue weighted by atomic mass is 10.1. The average Bonchev–Trinajstić information content (AvgIpc) is 2.63. The normalized spacial score (nSPS) is 17.5. The molecular weight excluding hydrogens is 322 g/mol. The average molecular weight is 347 g/mol. The molecule has 1 aromatic rings. The molecule has 2 rings (SSSR count). The minimum Gasteiger partial charge on any atom is -0.497 e. The molecule has 1 aromatic carbocycles. The predicted molar refractivity (Wildman–Crippen MR) is 94.6 cm³/mol. The Kier molecular flexibility index (Phi) is 6.82. The molecule has 1 fully saturated rings. The molecule has 1 aliphatic heterocycles. The van der Waals surface area contributed by atoms with Crippen LogP contribution in [-0.4, -0.2) is 56.6 Å². The Bertz CT molecular complexity index is 633. The number of carbonyl (C=O) groups is 2. The fourth-order valence-corrected chi connectivity index (χ4v) is 2.81. The van der Waals surface area contributed by atoms with Crippen LogP contribution < -0.4 is 20.1 Å². The number of hydrogen-bond acceptors (Lipinski definition) is 5. The van der Waals surface area contributed by atoms with Crippen LogP contribution in [0.3, 0.4) is 0 Å². The fourth-order valence-electron chi connectivity index (χ4n) is 2.81. The van der Waals surface area contributed by atoms with E-state index in [0.29, 0.717) is 37.7 Å². The number of carbonyl (C=O) groups excluding carboxylic acids is 2. The molecule has 7 nitrogen and oxygen atoms in total. The van der Waals surface area contributed by atoms with Gasteiger partial charge in [0, 0.05) is 37.8 Å². The van der Waals surface area contributed by atoms with Crippen LogP contribution in [0.2, 0.25) is 0 Å². The monoisotopic (exact) mass is 347 g/mol. The van der Waals surface area contributed by atoms with Gasteiger partial charge in [-0.05, 0) is 6.07 Å². The van der Waals surface area contributed by atoms with Crippen LogP contribution in [0, 0.1) is 0 Å². The largest absolute Gasteiger partial charge is 0.497 e. The van der Waals surface area contributed by atoms with E-state index in [-0.39, 0.29) is 18.2 Å². The Morgan fingerprint density at radius 1 is 1.44 bits per heavy atom. The first kappa shape index (κ1) is 18.8. The van der Waals surface area contributed by atoms with Crippen LogP contribution in [0.4, 0.5) is 0 Å². The molecule has 0 aromatic heterocycles. The number of nitrogens with zero attached hydrogens (tertiary/aromatic N) is 1. The smallest absolute Gasteiger partial charge is 0.237 e. The number of ether oxygens (including phenoxy) is 2. The van der Waals surface area contributed by atoms with Crippen molar-refractivity contribution in [2.24, 2.45) is 0 Å². The maximum atomic E-state index is 12.3. The summed E-state index contributed by atoms with van der Waals surface area (Å²) in [5, 5.41) is 5.54. The van der Waals surface area contributed by atoms with Gasteiger partial charge in [-0.3, -0.25) is 14.5 Å². The lowest BCUT2D eigenvalue weighted by Gasteiger charge is -2.35. The van der Waals surface area contributed by atoms with Crippen molar-refractivity contribution in [1.29, 1.82) is 0 Å². The molecule has 0 radical (unpaired) electrons. The van der Waals surface area contributed by atoms with Gasteiger partial charge in [0.1, 0.15) is 11.5 Å². The Morgan fingerprint density at radius 2 is 2.24 bits per heavy atom. The van der Waals surface area contributed by atoms with Gasteiger partial charge >= 0.3 is 0 Å². The number of hydrogen-bond donors (Lipinski definition) is 2. The molecule has 25 heavy (non-hydrogen) atoms. The van der Waals surface area contributed by atoms with Gasteiger partial charge in [-0.1, -0.05) is 12.1 Å². The zero-order valence-electron chi connectivity index (χ0n) is 14.7. The molecule has 1 unspecified atom stereocenters. The second kappa shape index (κ2) is 9.08. The summed E-state index contributed by atoms with van der Waals surface area (Å²) in [4.78, 5) is 26.3. The van der Waals surface area contributed by atoms with Crippen LogP contribution in [-0.2, 0) is 16.1 Å². The highest BCUT2D eigenvalue weighted by atomic mass is 16.5. The van der Waals surface area contributed by atoms with Crippen LogP contribution >= 0.6 is 0 Å². The molecule has 1 heterocycles. The Labute approximate surface area is 148 Å². The highest BCUT2D eigenvalue weighted by Gasteiger charge is 2.31. The highest BCUT2D eigenvalue weighted by molar-refractivity contribution is 5.88. The minimum atomic E-state index is -0.509. The molecule has 2 amide bonds. The van der Waals surface area contributed by atoms with Crippen LogP contribution in [0.1, 0.15) is 12.0 Å². The second-order valence-electron chi connectivity index (χ2n) is 5.75. The first-order chi connectivity index (χ1) is 12.1. The number of methoxy groups -OCH3 is 2. The summed E-state index contributed by atoms with van der Waals surface area (Å²) in [6, 6.07) is 5.07. The summed E-state index contributed by atoms with van der Waals surface area (Å²) in [5.74, 6) is 1.10. The van der Waals surface area contributed by atoms with Crippen LogP contribution in [0.15, 0.2) is 30.9 Å². The van der Waals surface area contributed by atoms with Crippen molar-refractivity contribution < 1.29 is 19.1 Å². The van der Waals surface area contributed by atoms with Gasteiger partial charge in [-0.15, -0.1) is 6.58 Å². The van der Waals surface area contributed by atoms with Gasteiger partial charge < -0.3 is 20.1 Å². The molecule has 1 atom stereocenters. The van der Waals surface area contributed by atoms with Crippen molar-refractivity contribution >= 4 is 11.8 Å². The van der Waals surface area contributed by atoms with Gasteiger partial charge in [0.05, 0.1) is 26.7 Å². The van der Waals surface area contributed by atoms with Crippen molar-refractivity contribution in [2.75, 3.05) is 33.9 Å². The third kappa shape index (κ3) is 4.96. The summed E-state index contributed by atoms with van der Waals surface area (Å²) in [6.07, 6.45) is 1.72. The maximum Gasteiger partial charge on any atom is 0.237 e. The van der Waals surface area contributed by atoms with Crippen molar-refractivity contribution in [3.8, 4) is 11.5 Å². The molecule has 0 saturated carbocycles. The summed E-state index contributed by atoms with van der Waals surface area (Å²) >= 11 is 0. The zero-order chi connectivity index (χ0) is 18.2. The highest BCUT2D eigenvalue weighted by Crippen LogP contribution is 2.27. The van der Waals surface area contributed by atoms with Gasteiger partial charge in [-0.25, -0.2) is 0 Å². The standard InChI is InChI=1S/C18H25N3O4/c1-4-7-19-17(22)11-15-18(23)20-8-9-21(15)12-13-5-6-14(24-2)10-16(13)25-3/h4-6,10,15H,1,7-9,11-12H2,2-3H3,(H,19,22)(H,20,23). The van der Waals surface area contributed by atoms with E-state index in [9.17, 15) is 9.59 Å². The second-order valence-corrected chi connectivity index (χ2v) is 5.75. The predicted octanol–water partition coefficient (Wildman–Crippen LogP) is 0.697. The summed E-state index contributed by atoms with van der Waals surface area (Å²) in [6.45, 7) is 5.70. The molecule has 1 saturated heterocycles. The van der Waals surface area contributed by atoms with E-state index in [1.54, 1.807) is 20.3 Å². The summed E-state index contributed by atoms with van der Waals surface area (Å²) in [5.41, 5.74) is 0.939. The molecule has 7 heteroatoms. The van der Waals surface area contributed by atoms with E-state index >= 15 is 0 Å². The van der Waals surface area contributed by atoms with Gasteiger partial charge in [0.15, 0.2) is 0 Å². The minimum absolute atomic E-state index is 0.109. The van der Waals surface area contributed by atoms with Crippen molar-refractivity contribution in [3.63, 3.8) is 0 Å². The van der Waals surface area contributed by atoms with E-state index in [4.69, 9.17) is 9.47 Å². The third-order valence-corrected chi connectivity index (χ3v) is 4.13. The Hall–Kier alpha value is -2.54. The molecule has 0 spiro atoms. The Balaban J connectivity index is 2.13. The molecule has 136 valence electrons. The van der Waals surface area contributed by atoms with E-state index in [2.05, 4.69) is 17.2 Å². The molecule has 0 aliphatic carbocycles. The van der Waals surface area contributed by atoms with Gasteiger partial charge in [0.2, 0.25) is 11.8 Å². The first-order valence-corrected chi connectivity index (χ1v) is 8.19. The quantitative estimate of drug-likeness (QED) is 0.677. The summed E-state index contributed by atoms with van der Waals surface area (Å²) in [7, 11) is 3.20. The zero-order valence-corrected chi connectivity index (χ0v) is 14.7. The van der Waals surface area contributed by atoms with E-state index in [1.807, 2.05) is 23.1 Å². The number of rotatable bonds is 8. The van der Waals surface area contributed by atoms with E-state index in [1.165, 1.54) is 0 Å². The van der Waals surface area contributed by atoms with E-state index in [0.717, 1.165) is 5.56 Å². The molecule has 2 N–H and O–H groups in total. The maximum absolute atomic E-state index is 12.3. The molecular formula is C18H25N3O4. The number of nitrogens with one attached hydrogen (secondary N) is 2. The van der Waals surface area contributed by atoms with Gasteiger partial charge in [-0.2, -0.15) is 0 Å². The lowest BCUT2D eigenvalue weighted by Crippen LogP contribution is -2.56. The third-order valence-electron chi connectivity index (χ3n) is 4.13. The fraction of sp³-hybridized carbons (Fsp3) is 0.444.